The van der Waals surface area contributed by atoms with E-state index in [0.29, 0.717) is 0 Å². The fourth-order valence-electron chi connectivity index (χ4n) is 6.57. The van der Waals surface area contributed by atoms with E-state index in [9.17, 15) is 0 Å². The summed E-state index contributed by atoms with van der Waals surface area (Å²) in [7, 11) is 0. The van der Waals surface area contributed by atoms with Crippen LogP contribution in [0.3, 0.4) is 0 Å². The summed E-state index contributed by atoms with van der Waals surface area (Å²) in [6, 6.07) is 33.2. The minimum Gasteiger partial charge on any atom is -0.306 e. The fraction of sp³-hybridized carbons (Fsp3) is 0. The Kier molecular flexibility index (Phi) is 4.10. The molecule has 0 N–H and O–H groups in total. The van der Waals surface area contributed by atoms with Gasteiger partial charge in [-0.3, -0.25) is 0 Å². The average Bonchev–Trinajstić information content (AvgIpc) is 3.75. The monoisotopic (exact) mass is 563 g/mol. The Morgan fingerprint density at radius 1 is 0.525 bits per heavy atom. The van der Waals surface area contributed by atoms with E-state index >= 15 is 0 Å². The highest BCUT2D eigenvalue weighted by molar-refractivity contribution is 7.29. The molecule has 10 rings (SSSR count). The van der Waals surface area contributed by atoms with Gasteiger partial charge in [-0.05, 0) is 24.3 Å². The van der Waals surface area contributed by atoms with Gasteiger partial charge in [0.1, 0.15) is 11.2 Å². The van der Waals surface area contributed by atoms with Crippen LogP contribution in [0.25, 0.3) is 88.1 Å². The van der Waals surface area contributed by atoms with Crippen LogP contribution in [0.1, 0.15) is 0 Å². The van der Waals surface area contributed by atoms with Crippen LogP contribution in [0.15, 0.2) is 104 Å². The number of hydrogen-bond acceptors (Lipinski definition) is 5. The molecule has 0 aliphatic heterocycles. The molecule has 5 aromatic heterocycles. The molecule has 6 heteroatoms. The quantitative estimate of drug-likeness (QED) is 0.199. The van der Waals surface area contributed by atoms with Crippen LogP contribution < -0.4 is 0 Å². The Morgan fingerprint density at radius 3 is 2.12 bits per heavy atom. The first-order valence-electron chi connectivity index (χ1n) is 13.2. The molecule has 5 heterocycles. The minimum absolute atomic E-state index is 1.03. The van der Waals surface area contributed by atoms with Crippen molar-refractivity contribution in [2.75, 3.05) is 0 Å². The molecule has 5 aromatic carbocycles. The summed E-state index contributed by atoms with van der Waals surface area (Å²) in [5.41, 5.74) is 3.73. The lowest BCUT2D eigenvalue weighted by molar-refractivity contribution is 1.21. The van der Waals surface area contributed by atoms with Gasteiger partial charge in [0.2, 0.25) is 0 Å². The van der Waals surface area contributed by atoms with Crippen LogP contribution in [0, 0.1) is 0 Å². The molecule has 0 atom stereocenters. The zero-order valence-corrected chi connectivity index (χ0v) is 23.3. The zero-order valence-electron chi connectivity index (χ0n) is 20.9. The van der Waals surface area contributed by atoms with Crippen LogP contribution in [-0.2, 0) is 0 Å². The highest BCUT2D eigenvalue weighted by atomic mass is 32.1. The molecule has 0 bridgehead atoms. The van der Waals surface area contributed by atoms with E-state index in [4.69, 9.17) is 4.98 Å². The first-order valence-corrected chi connectivity index (χ1v) is 15.6. The van der Waals surface area contributed by atoms with Gasteiger partial charge in [-0.25, -0.2) is 9.97 Å². The van der Waals surface area contributed by atoms with Gasteiger partial charge in [0.05, 0.1) is 26.1 Å². The standard InChI is InChI=1S/C34H17N3S3/c1-4-12-23-20(9-1)29-30(37(23)24-13-7-11-19-18-8-2-5-14-25(18)38-31(19)24)33-28(22-16-35-17-36-34(22)40-33)27-21-10-3-6-15-26(21)39-32(27)29/h1-17H. The van der Waals surface area contributed by atoms with E-state index in [1.165, 1.54) is 77.9 Å². The van der Waals surface area contributed by atoms with Gasteiger partial charge in [0.25, 0.3) is 0 Å². The van der Waals surface area contributed by atoms with Crippen molar-refractivity contribution in [1.29, 1.82) is 0 Å². The lowest BCUT2D eigenvalue weighted by atomic mass is 10.0. The second-order valence-electron chi connectivity index (χ2n) is 10.2. The maximum absolute atomic E-state index is 4.74. The highest BCUT2D eigenvalue weighted by Gasteiger charge is 2.25. The molecule has 0 spiro atoms. The molecule has 0 aliphatic rings. The maximum Gasteiger partial charge on any atom is 0.127 e. The summed E-state index contributed by atoms with van der Waals surface area (Å²) < 4.78 is 9.08. The summed E-state index contributed by atoms with van der Waals surface area (Å²) >= 11 is 5.57. The second kappa shape index (κ2) is 7.64. The van der Waals surface area contributed by atoms with Crippen molar-refractivity contribution in [2.24, 2.45) is 0 Å². The molecule has 0 aliphatic carbocycles. The number of benzene rings is 5. The summed E-state index contributed by atoms with van der Waals surface area (Å²) in [6.45, 7) is 0. The average molecular weight is 564 g/mol. The van der Waals surface area contributed by atoms with Gasteiger partial charge >= 0.3 is 0 Å². The minimum atomic E-state index is 1.03. The zero-order chi connectivity index (χ0) is 25.9. The van der Waals surface area contributed by atoms with E-state index in [1.54, 1.807) is 17.7 Å². The maximum atomic E-state index is 4.74. The molecule has 0 unspecified atom stereocenters. The number of para-hydroxylation sites is 1. The van der Waals surface area contributed by atoms with Crippen molar-refractivity contribution in [3.05, 3.63) is 104 Å². The summed E-state index contributed by atoms with van der Waals surface area (Å²) in [6.07, 6.45) is 3.67. The molecule has 0 radical (unpaired) electrons. The Hall–Kier alpha value is -4.36. The number of rotatable bonds is 1. The van der Waals surface area contributed by atoms with Crippen LogP contribution in [-0.4, -0.2) is 14.5 Å². The summed E-state index contributed by atoms with van der Waals surface area (Å²) in [5.74, 6) is 0. The van der Waals surface area contributed by atoms with Gasteiger partial charge in [0.15, 0.2) is 0 Å². The SMILES string of the molecule is c1ccc2c(c1)sc1c(-n3c4ccccc4c4c5sc6ccccc6c5c5c6cncnc6sc5c43)cccc12. The topological polar surface area (TPSA) is 30.7 Å². The van der Waals surface area contributed by atoms with E-state index in [1.807, 2.05) is 28.9 Å². The predicted octanol–water partition coefficient (Wildman–Crippen LogP) is 10.7. The van der Waals surface area contributed by atoms with Crippen LogP contribution in [0.4, 0.5) is 0 Å². The second-order valence-corrected chi connectivity index (χ2v) is 13.3. The van der Waals surface area contributed by atoms with E-state index < -0.39 is 0 Å². The Labute approximate surface area is 239 Å². The number of hydrogen-bond donors (Lipinski definition) is 0. The van der Waals surface area contributed by atoms with Crippen LogP contribution in [0.2, 0.25) is 0 Å². The molecule has 3 nitrogen and oxygen atoms in total. The van der Waals surface area contributed by atoms with Gasteiger partial charge in [-0.1, -0.05) is 66.7 Å². The first kappa shape index (κ1) is 21.5. The number of nitrogens with zero attached hydrogens (tertiary/aromatic N) is 3. The van der Waals surface area contributed by atoms with E-state index in [-0.39, 0.29) is 0 Å². The van der Waals surface area contributed by atoms with Crippen molar-refractivity contribution in [1.82, 2.24) is 14.5 Å². The summed E-state index contributed by atoms with van der Waals surface area (Å²) in [4.78, 5) is 10.2. The van der Waals surface area contributed by atoms with Gasteiger partial charge in [-0.2, -0.15) is 0 Å². The van der Waals surface area contributed by atoms with Crippen molar-refractivity contribution in [3.8, 4) is 5.69 Å². The Balaban J connectivity index is 1.54. The smallest absolute Gasteiger partial charge is 0.127 e. The molecule has 0 saturated carbocycles. The normalized spacial score (nSPS) is 12.5. The van der Waals surface area contributed by atoms with E-state index in [0.717, 1.165) is 10.2 Å². The molecular weight excluding hydrogens is 547 g/mol. The van der Waals surface area contributed by atoms with Crippen molar-refractivity contribution in [3.63, 3.8) is 0 Å². The van der Waals surface area contributed by atoms with Crippen molar-refractivity contribution >= 4 is 116 Å². The molecule has 40 heavy (non-hydrogen) atoms. The van der Waals surface area contributed by atoms with Gasteiger partial charge in [0, 0.05) is 63.4 Å². The molecule has 0 amide bonds. The van der Waals surface area contributed by atoms with Crippen molar-refractivity contribution < 1.29 is 0 Å². The molecule has 186 valence electrons. The lowest BCUT2D eigenvalue weighted by Crippen LogP contribution is -1.94. The largest absolute Gasteiger partial charge is 0.306 e. The van der Waals surface area contributed by atoms with Crippen LogP contribution >= 0.6 is 34.0 Å². The fourth-order valence-corrected chi connectivity index (χ4v) is 10.2. The van der Waals surface area contributed by atoms with Gasteiger partial charge < -0.3 is 4.57 Å². The van der Waals surface area contributed by atoms with E-state index in [2.05, 4.69) is 101 Å². The Bertz CT molecular complexity index is 2670. The third-order valence-corrected chi connectivity index (χ3v) is 11.7. The first-order chi connectivity index (χ1) is 19.9. The third kappa shape index (κ3) is 2.59. The summed E-state index contributed by atoms with van der Waals surface area (Å²) in [5, 5.41) is 10.3. The molecule has 0 saturated heterocycles. The number of thiophene rings is 3. The lowest BCUT2D eigenvalue weighted by Gasteiger charge is -2.10. The highest BCUT2D eigenvalue weighted by Crippen LogP contribution is 2.52. The predicted molar refractivity (Wildman–Crippen MR) is 175 cm³/mol. The molecular formula is C34H17N3S3. The molecule has 10 aromatic rings. The van der Waals surface area contributed by atoms with Gasteiger partial charge in [-0.15, -0.1) is 34.0 Å². The van der Waals surface area contributed by atoms with Crippen molar-refractivity contribution in [2.45, 2.75) is 0 Å². The number of aromatic nitrogens is 3. The third-order valence-electron chi connectivity index (χ3n) is 8.16. The Morgan fingerprint density at radius 2 is 1.23 bits per heavy atom. The molecule has 0 fully saturated rings. The van der Waals surface area contributed by atoms with Crippen LogP contribution in [0.5, 0.6) is 0 Å². The number of fused-ring (bicyclic) bond motifs is 15.